The number of phenols is 2. The van der Waals surface area contributed by atoms with Gasteiger partial charge in [0.1, 0.15) is 0 Å². The maximum absolute atomic E-state index is 9.12. The molecule has 0 aromatic heterocycles. The Hall–Kier alpha value is -1.66. The van der Waals surface area contributed by atoms with Crippen molar-refractivity contribution in [1.82, 2.24) is 5.32 Å². The molecule has 1 aromatic rings. The molecule has 0 bridgehead atoms. The van der Waals surface area contributed by atoms with Gasteiger partial charge in [-0.25, -0.2) is 0 Å². The van der Waals surface area contributed by atoms with Crippen molar-refractivity contribution in [2.24, 2.45) is 0 Å². The summed E-state index contributed by atoms with van der Waals surface area (Å²) in [5.41, 5.74) is 0.686. The van der Waals surface area contributed by atoms with Gasteiger partial charge in [-0.3, -0.25) is 0 Å². The number of hydrogen-bond donors (Lipinski definition) is 3. The van der Waals surface area contributed by atoms with Crippen molar-refractivity contribution in [3.8, 4) is 23.3 Å². The second-order valence-electron chi connectivity index (χ2n) is 2.54. The van der Waals surface area contributed by atoms with Crippen LogP contribution in [0.5, 0.6) is 11.5 Å². The van der Waals surface area contributed by atoms with Gasteiger partial charge in [0.05, 0.1) is 6.54 Å². The molecule has 0 saturated heterocycles. The first-order valence-electron chi connectivity index (χ1n) is 3.89. The molecule has 0 aliphatic heterocycles. The van der Waals surface area contributed by atoms with Crippen LogP contribution >= 0.6 is 0 Å². The fourth-order valence-corrected chi connectivity index (χ4v) is 0.836. The quantitative estimate of drug-likeness (QED) is 0.436. The number of nitrogens with one attached hydrogen (secondary N) is 1. The summed E-state index contributed by atoms with van der Waals surface area (Å²) in [6.45, 7) is 0.599. The van der Waals surface area contributed by atoms with Crippen molar-refractivity contribution in [2.75, 3.05) is 13.6 Å². The van der Waals surface area contributed by atoms with Crippen molar-refractivity contribution in [2.45, 2.75) is 0 Å². The Bertz CT molecular complexity index is 350. The molecule has 0 fully saturated rings. The summed E-state index contributed by atoms with van der Waals surface area (Å²) in [4.78, 5) is 0. The number of benzene rings is 1. The Balaban J connectivity index is 2.81. The van der Waals surface area contributed by atoms with Crippen molar-refractivity contribution in [3.05, 3.63) is 23.8 Å². The fraction of sp³-hybridized carbons (Fsp3) is 0.200. The molecule has 0 radical (unpaired) electrons. The van der Waals surface area contributed by atoms with Gasteiger partial charge in [0.2, 0.25) is 0 Å². The van der Waals surface area contributed by atoms with Crippen molar-refractivity contribution >= 4 is 0 Å². The molecule has 0 aliphatic rings. The predicted molar refractivity (Wildman–Crippen MR) is 50.6 cm³/mol. The van der Waals surface area contributed by atoms with E-state index in [9.17, 15) is 0 Å². The predicted octanol–water partition coefficient (Wildman–Crippen LogP) is 0.669. The van der Waals surface area contributed by atoms with Gasteiger partial charge in [-0.2, -0.15) is 0 Å². The first kappa shape index (κ1) is 9.43. The first-order valence-corrected chi connectivity index (χ1v) is 3.89. The van der Waals surface area contributed by atoms with E-state index < -0.39 is 0 Å². The number of phenolic OH excluding ortho intramolecular Hbond substituents is 2. The third kappa shape index (κ3) is 2.69. The summed E-state index contributed by atoms with van der Waals surface area (Å²) in [5.74, 6) is 5.41. The van der Waals surface area contributed by atoms with Crippen molar-refractivity contribution < 1.29 is 10.2 Å². The van der Waals surface area contributed by atoms with Crippen LogP contribution in [0.2, 0.25) is 0 Å². The molecule has 0 saturated carbocycles. The largest absolute Gasteiger partial charge is 0.504 e. The van der Waals surface area contributed by atoms with Gasteiger partial charge in [0, 0.05) is 5.56 Å². The minimum Gasteiger partial charge on any atom is -0.504 e. The summed E-state index contributed by atoms with van der Waals surface area (Å²) in [7, 11) is 1.81. The molecule has 0 spiro atoms. The minimum atomic E-state index is -0.142. The summed E-state index contributed by atoms with van der Waals surface area (Å²) < 4.78 is 0. The molecule has 3 nitrogen and oxygen atoms in total. The van der Waals surface area contributed by atoms with Gasteiger partial charge in [-0.05, 0) is 25.2 Å². The van der Waals surface area contributed by atoms with Crippen LogP contribution in [0.4, 0.5) is 0 Å². The maximum Gasteiger partial charge on any atom is 0.158 e. The van der Waals surface area contributed by atoms with E-state index in [-0.39, 0.29) is 11.5 Å². The second kappa shape index (κ2) is 4.39. The second-order valence-corrected chi connectivity index (χ2v) is 2.54. The zero-order valence-corrected chi connectivity index (χ0v) is 7.33. The zero-order valence-electron chi connectivity index (χ0n) is 7.33. The van der Waals surface area contributed by atoms with Crippen LogP contribution in [0, 0.1) is 11.8 Å². The lowest BCUT2D eigenvalue weighted by atomic mass is 10.2. The van der Waals surface area contributed by atoms with E-state index >= 15 is 0 Å². The van der Waals surface area contributed by atoms with Crippen LogP contribution in [-0.2, 0) is 0 Å². The lowest BCUT2D eigenvalue weighted by Gasteiger charge is -1.96. The summed E-state index contributed by atoms with van der Waals surface area (Å²) in [6.07, 6.45) is 0. The van der Waals surface area contributed by atoms with Gasteiger partial charge in [0.25, 0.3) is 0 Å². The molecule has 0 unspecified atom stereocenters. The van der Waals surface area contributed by atoms with Crippen LogP contribution in [0.15, 0.2) is 18.2 Å². The lowest BCUT2D eigenvalue weighted by Crippen LogP contribution is -2.04. The zero-order chi connectivity index (χ0) is 9.68. The molecule has 1 rings (SSSR count). The molecule has 3 heteroatoms. The Labute approximate surface area is 77.0 Å². The molecule has 0 aliphatic carbocycles. The SMILES string of the molecule is CNCC#Cc1ccc(O)c(O)c1. The molecule has 13 heavy (non-hydrogen) atoms. The van der Waals surface area contributed by atoms with Gasteiger partial charge in [0.15, 0.2) is 11.5 Å². The molecule has 68 valence electrons. The van der Waals surface area contributed by atoms with E-state index in [1.165, 1.54) is 12.1 Å². The first-order chi connectivity index (χ1) is 6.24. The van der Waals surface area contributed by atoms with Crippen LogP contribution < -0.4 is 5.32 Å². The molecular weight excluding hydrogens is 166 g/mol. The van der Waals surface area contributed by atoms with Crippen LogP contribution in [0.1, 0.15) is 5.56 Å². The van der Waals surface area contributed by atoms with Gasteiger partial charge < -0.3 is 15.5 Å². The highest BCUT2D eigenvalue weighted by Crippen LogP contribution is 2.24. The average molecular weight is 177 g/mol. The van der Waals surface area contributed by atoms with E-state index in [1.54, 1.807) is 6.07 Å². The molecule has 0 atom stereocenters. The van der Waals surface area contributed by atoms with E-state index in [2.05, 4.69) is 17.2 Å². The van der Waals surface area contributed by atoms with E-state index in [0.717, 1.165) is 0 Å². The standard InChI is InChI=1S/C10H11NO2/c1-11-6-2-3-8-4-5-9(12)10(13)7-8/h4-5,7,11-13H,6H2,1H3. The Morgan fingerprint density at radius 3 is 2.69 bits per heavy atom. The molecule has 0 heterocycles. The molecule has 1 aromatic carbocycles. The number of aromatic hydroxyl groups is 2. The van der Waals surface area contributed by atoms with E-state index in [1.807, 2.05) is 7.05 Å². The lowest BCUT2D eigenvalue weighted by molar-refractivity contribution is 0.403. The van der Waals surface area contributed by atoms with Crippen molar-refractivity contribution in [1.29, 1.82) is 0 Å². The molecule has 3 N–H and O–H groups in total. The molecule has 0 amide bonds. The van der Waals surface area contributed by atoms with Crippen LogP contribution in [0.3, 0.4) is 0 Å². The highest BCUT2D eigenvalue weighted by atomic mass is 16.3. The smallest absolute Gasteiger partial charge is 0.158 e. The third-order valence-corrected chi connectivity index (χ3v) is 1.47. The van der Waals surface area contributed by atoms with E-state index in [0.29, 0.717) is 12.1 Å². The van der Waals surface area contributed by atoms with E-state index in [4.69, 9.17) is 10.2 Å². The minimum absolute atomic E-state index is 0.126. The summed E-state index contributed by atoms with van der Waals surface area (Å²) >= 11 is 0. The van der Waals surface area contributed by atoms with Gasteiger partial charge >= 0.3 is 0 Å². The highest BCUT2D eigenvalue weighted by molar-refractivity contribution is 5.46. The Morgan fingerprint density at radius 2 is 2.08 bits per heavy atom. The fourth-order valence-electron chi connectivity index (χ4n) is 0.836. The normalized spacial score (nSPS) is 9.00. The average Bonchev–Trinajstić information content (AvgIpc) is 2.12. The van der Waals surface area contributed by atoms with Crippen LogP contribution in [0.25, 0.3) is 0 Å². The topological polar surface area (TPSA) is 52.5 Å². The van der Waals surface area contributed by atoms with Gasteiger partial charge in [-0.15, -0.1) is 0 Å². The maximum atomic E-state index is 9.12. The van der Waals surface area contributed by atoms with Crippen molar-refractivity contribution in [3.63, 3.8) is 0 Å². The van der Waals surface area contributed by atoms with Crippen LogP contribution in [-0.4, -0.2) is 23.8 Å². The third-order valence-electron chi connectivity index (χ3n) is 1.47. The monoisotopic (exact) mass is 177 g/mol. The van der Waals surface area contributed by atoms with Gasteiger partial charge in [-0.1, -0.05) is 11.8 Å². The summed E-state index contributed by atoms with van der Waals surface area (Å²) in [5, 5.41) is 21.0. The summed E-state index contributed by atoms with van der Waals surface area (Å²) in [6, 6.07) is 4.49. The Kier molecular flexibility index (Phi) is 3.18. The molecular formula is C10H11NO2. The Morgan fingerprint density at radius 1 is 1.31 bits per heavy atom. The number of rotatable bonds is 1. The highest BCUT2D eigenvalue weighted by Gasteiger charge is 1.97. The number of hydrogen-bond acceptors (Lipinski definition) is 3.